The minimum absolute atomic E-state index is 0.0656. The second-order valence-electron chi connectivity index (χ2n) is 6.02. The van der Waals surface area contributed by atoms with Gasteiger partial charge in [-0.05, 0) is 29.8 Å². The van der Waals surface area contributed by atoms with E-state index < -0.39 is 12.1 Å². The van der Waals surface area contributed by atoms with Crippen molar-refractivity contribution in [1.82, 2.24) is 10.2 Å². The average Bonchev–Trinajstić information content (AvgIpc) is 2.62. The fourth-order valence-electron chi connectivity index (χ4n) is 2.96. The van der Waals surface area contributed by atoms with Crippen LogP contribution in [0, 0.1) is 5.82 Å². The van der Waals surface area contributed by atoms with Gasteiger partial charge in [0.15, 0.2) is 0 Å². The summed E-state index contributed by atoms with van der Waals surface area (Å²) in [6.45, 7) is 1.59. The van der Waals surface area contributed by atoms with Crippen LogP contribution in [0.3, 0.4) is 0 Å². The Labute approximate surface area is 146 Å². The van der Waals surface area contributed by atoms with Crippen LogP contribution in [0.4, 0.5) is 4.39 Å². The molecule has 6 heteroatoms. The van der Waals surface area contributed by atoms with Crippen LogP contribution in [0.1, 0.15) is 11.6 Å². The van der Waals surface area contributed by atoms with Crippen LogP contribution < -0.4 is 10.1 Å². The molecular weight excluding hydrogens is 323 g/mol. The summed E-state index contributed by atoms with van der Waals surface area (Å²) in [7, 11) is 0. The summed E-state index contributed by atoms with van der Waals surface area (Å²) in [5, 5.41) is 13.2. The summed E-state index contributed by atoms with van der Waals surface area (Å²) in [5.74, 6) is 0.0958. The first-order chi connectivity index (χ1) is 12.1. The Morgan fingerprint density at radius 2 is 1.92 bits per heavy atom. The van der Waals surface area contributed by atoms with E-state index in [1.165, 1.54) is 24.3 Å². The standard InChI is InChI=1S/C19H21FN2O3/c20-15-6-8-17(9-7-15)25-13-16(23)12-22-11-10-21-19(24)18(22)14-4-2-1-3-5-14/h1-9,16,18,23H,10-13H2,(H,21,24)/t16-,18+/m1/s1. The molecule has 0 saturated carbocycles. The first-order valence-corrected chi connectivity index (χ1v) is 8.26. The molecule has 2 atom stereocenters. The fourth-order valence-corrected chi connectivity index (χ4v) is 2.96. The van der Waals surface area contributed by atoms with E-state index in [4.69, 9.17) is 4.74 Å². The van der Waals surface area contributed by atoms with Gasteiger partial charge in [-0.15, -0.1) is 0 Å². The summed E-state index contributed by atoms with van der Waals surface area (Å²) in [4.78, 5) is 14.2. The number of halogens is 1. The van der Waals surface area contributed by atoms with E-state index in [9.17, 15) is 14.3 Å². The van der Waals surface area contributed by atoms with Gasteiger partial charge in [-0.2, -0.15) is 0 Å². The van der Waals surface area contributed by atoms with Crippen molar-refractivity contribution < 1.29 is 19.0 Å². The lowest BCUT2D eigenvalue weighted by atomic mass is 10.0. The highest BCUT2D eigenvalue weighted by Crippen LogP contribution is 2.23. The Bertz CT molecular complexity index is 694. The molecule has 1 heterocycles. The van der Waals surface area contributed by atoms with Gasteiger partial charge in [0.25, 0.3) is 0 Å². The molecule has 1 saturated heterocycles. The average molecular weight is 344 g/mol. The summed E-state index contributed by atoms with van der Waals surface area (Å²) in [6.07, 6.45) is -0.762. The van der Waals surface area contributed by atoms with Crippen LogP contribution >= 0.6 is 0 Å². The number of benzene rings is 2. The van der Waals surface area contributed by atoms with E-state index >= 15 is 0 Å². The first kappa shape index (κ1) is 17.4. The van der Waals surface area contributed by atoms with E-state index in [2.05, 4.69) is 5.32 Å². The third-order valence-electron chi connectivity index (χ3n) is 4.13. The number of hydrogen-bond acceptors (Lipinski definition) is 4. The molecule has 0 spiro atoms. The molecule has 2 aromatic carbocycles. The molecule has 132 valence electrons. The van der Waals surface area contributed by atoms with Crippen LogP contribution in [-0.4, -0.2) is 48.3 Å². The second kappa shape index (κ2) is 8.09. The SMILES string of the molecule is O=C1NCCN(C[C@@H](O)COc2ccc(F)cc2)[C@H]1c1ccccc1. The molecule has 1 fully saturated rings. The molecule has 3 rings (SSSR count). The zero-order valence-corrected chi connectivity index (χ0v) is 13.8. The number of piperazine rings is 1. The number of nitrogens with zero attached hydrogens (tertiary/aromatic N) is 1. The molecule has 1 aliphatic heterocycles. The first-order valence-electron chi connectivity index (χ1n) is 8.26. The Morgan fingerprint density at radius 3 is 2.64 bits per heavy atom. The van der Waals surface area contributed by atoms with E-state index in [1.807, 2.05) is 35.2 Å². The van der Waals surface area contributed by atoms with Gasteiger partial charge < -0.3 is 15.2 Å². The molecule has 1 aliphatic rings. The zero-order valence-electron chi connectivity index (χ0n) is 13.8. The monoisotopic (exact) mass is 344 g/mol. The minimum Gasteiger partial charge on any atom is -0.491 e. The van der Waals surface area contributed by atoms with Gasteiger partial charge in [-0.3, -0.25) is 9.69 Å². The largest absolute Gasteiger partial charge is 0.491 e. The highest BCUT2D eigenvalue weighted by molar-refractivity contribution is 5.83. The van der Waals surface area contributed by atoms with Gasteiger partial charge in [0.05, 0.1) is 0 Å². The van der Waals surface area contributed by atoms with Crippen LogP contribution in [0.2, 0.25) is 0 Å². The van der Waals surface area contributed by atoms with Gasteiger partial charge in [0.1, 0.15) is 30.3 Å². The number of ether oxygens (including phenoxy) is 1. The van der Waals surface area contributed by atoms with Crippen molar-refractivity contribution in [3.8, 4) is 5.75 Å². The maximum absolute atomic E-state index is 12.9. The van der Waals surface area contributed by atoms with Crippen molar-refractivity contribution in [2.24, 2.45) is 0 Å². The summed E-state index contributed by atoms with van der Waals surface area (Å²) in [6, 6.07) is 14.7. The Kier molecular flexibility index (Phi) is 5.63. The number of aliphatic hydroxyl groups excluding tert-OH is 1. The molecule has 0 bridgehead atoms. The van der Waals surface area contributed by atoms with E-state index in [0.29, 0.717) is 25.4 Å². The minimum atomic E-state index is -0.762. The van der Waals surface area contributed by atoms with Crippen molar-refractivity contribution in [3.05, 3.63) is 66.0 Å². The summed E-state index contributed by atoms with van der Waals surface area (Å²) >= 11 is 0. The lowest BCUT2D eigenvalue weighted by Crippen LogP contribution is -2.52. The predicted octanol–water partition coefficient (Wildman–Crippen LogP) is 1.74. The maximum Gasteiger partial charge on any atom is 0.242 e. The Morgan fingerprint density at radius 1 is 1.20 bits per heavy atom. The third-order valence-corrected chi connectivity index (χ3v) is 4.13. The highest BCUT2D eigenvalue weighted by atomic mass is 19.1. The topological polar surface area (TPSA) is 61.8 Å². The molecule has 2 N–H and O–H groups in total. The van der Waals surface area contributed by atoms with Crippen molar-refractivity contribution >= 4 is 5.91 Å². The van der Waals surface area contributed by atoms with Crippen LogP contribution in [0.25, 0.3) is 0 Å². The van der Waals surface area contributed by atoms with Crippen LogP contribution in [0.5, 0.6) is 5.75 Å². The van der Waals surface area contributed by atoms with E-state index in [1.54, 1.807) is 0 Å². The smallest absolute Gasteiger partial charge is 0.242 e. The number of carbonyl (C=O) groups excluding carboxylic acids is 1. The molecule has 1 amide bonds. The lowest BCUT2D eigenvalue weighted by molar-refractivity contribution is -0.130. The van der Waals surface area contributed by atoms with E-state index in [-0.39, 0.29) is 18.3 Å². The molecular formula is C19H21FN2O3. The number of hydrogen-bond donors (Lipinski definition) is 2. The highest BCUT2D eigenvalue weighted by Gasteiger charge is 2.32. The van der Waals surface area contributed by atoms with E-state index in [0.717, 1.165) is 5.56 Å². The predicted molar refractivity (Wildman–Crippen MR) is 91.7 cm³/mol. The van der Waals surface area contributed by atoms with Crippen molar-refractivity contribution in [3.63, 3.8) is 0 Å². The second-order valence-corrected chi connectivity index (χ2v) is 6.02. The summed E-state index contributed by atoms with van der Waals surface area (Å²) < 4.78 is 18.4. The Hall–Kier alpha value is -2.44. The van der Waals surface area contributed by atoms with Crippen LogP contribution in [-0.2, 0) is 4.79 Å². The van der Waals surface area contributed by atoms with Gasteiger partial charge in [-0.1, -0.05) is 30.3 Å². The van der Waals surface area contributed by atoms with Crippen LogP contribution in [0.15, 0.2) is 54.6 Å². The fraction of sp³-hybridized carbons (Fsp3) is 0.316. The third kappa shape index (κ3) is 4.55. The number of amides is 1. The van der Waals surface area contributed by atoms with Crippen molar-refractivity contribution in [1.29, 1.82) is 0 Å². The Balaban J connectivity index is 1.61. The molecule has 0 aromatic heterocycles. The van der Waals surface area contributed by atoms with Gasteiger partial charge in [0.2, 0.25) is 5.91 Å². The summed E-state index contributed by atoms with van der Waals surface area (Å²) in [5.41, 5.74) is 0.895. The number of nitrogens with one attached hydrogen (secondary N) is 1. The quantitative estimate of drug-likeness (QED) is 0.838. The molecule has 5 nitrogen and oxygen atoms in total. The molecule has 0 aliphatic carbocycles. The normalized spacial score (nSPS) is 19.3. The van der Waals surface area contributed by atoms with Crippen molar-refractivity contribution in [2.45, 2.75) is 12.1 Å². The van der Waals surface area contributed by atoms with Gasteiger partial charge in [-0.25, -0.2) is 4.39 Å². The molecule has 25 heavy (non-hydrogen) atoms. The molecule has 0 radical (unpaired) electrons. The number of aliphatic hydroxyl groups is 1. The zero-order chi connectivity index (χ0) is 17.6. The van der Waals surface area contributed by atoms with Gasteiger partial charge >= 0.3 is 0 Å². The molecule has 2 aromatic rings. The number of rotatable bonds is 6. The maximum atomic E-state index is 12.9. The van der Waals surface area contributed by atoms with Gasteiger partial charge in [0, 0.05) is 19.6 Å². The number of carbonyl (C=O) groups is 1. The van der Waals surface area contributed by atoms with Crippen molar-refractivity contribution in [2.75, 3.05) is 26.2 Å². The molecule has 0 unspecified atom stereocenters. The number of β-amino-alcohol motifs (C(OH)–C–C–N with tert-alkyl or cyclic N) is 1. The lowest BCUT2D eigenvalue weighted by Gasteiger charge is -2.36.